The lowest BCUT2D eigenvalue weighted by Crippen LogP contribution is -2.28. The Morgan fingerprint density at radius 2 is 2.10 bits per heavy atom. The molecule has 0 bridgehead atoms. The summed E-state index contributed by atoms with van der Waals surface area (Å²) in [6.45, 7) is 6.47. The van der Waals surface area contributed by atoms with Crippen LogP contribution in [-0.2, 0) is 9.59 Å². The molecule has 0 heterocycles. The molecule has 1 atom stereocenters. The molecule has 0 aromatic heterocycles. The topological polar surface area (TPSA) is 80.4 Å². The zero-order chi connectivity index (χ0) is 8.15. The van der Waals surface area contributed by atoms with Crippen LogP contribution in [0, 0.1) is 6.92 Å². The van der Waals surface area contributed by atoms with Crippen molar-refractivity contribution < 1.29 is 14.7 Å². The number of carboxylic acids is 1. The molecule has 0 amide bonds. The van der Waals surface area contributed by atoms with Crippen molar-refractivity contribution in [2.24, 2.45) is 5.73 Å². The van der Waals surface area contributed by atoms with Gasteiger partial charge in [0.05, 0.1) is 13.0 Å². The molecule has 0 aromatic carbocycles. The Morgan fingerprint density at radius 1 is 1.60 bits per heavy atom. The number of carboxylic acid groups (broad SMARTS) is 1. The van der Waals surface area contributed by atoms with Crippen LogP contribution in [0.15, 0.2) is 0 Å². The highest BCUT2D eigenvalue weighted by Gasteiger charge is 2.09. The van der Waals surface area contributed by atoms with E-state index in [-0.39, 0.29) is 12.8 Å². The number of hydrogen-bond donors (Lipinski definition) is 2. The molecule has 4 heteroatoms. The van der Waals surface area contributed by atoms with Gasteiger partial charge >= 0.3 is 5.97 Å². The van der Waals surface area contributed by atoms with Crippen LogP contribution in [0.3, 0.4) is 0 Å². The molecular weight excluding hydrogens is 134 g/mol. The molecule has 0 spiro atoms. The summed E-state index contributed by atoms with van der Waals surface area (Å²) in [5.41, 5.74) is 5.06. The average Bonchev–Trinajstić information content (AvgIpc) is 1.82. The molecule has 10 heavy (non-hydrogen) atoms. The van der Waals surface area contributed by atoms with Crippen molar-refractivity contribution in [3.05, 3.63) is 6.92 Å². The Labute approximate surface area is 59.0 Å². The molecule has 0 rings (SSSR count). The van der Waals surface area contributed by atoms with Crippen LogP contribution in [0.5, 0.6) is 0 Å². The van der Waals surface area contributed by atoms with Crippen molar-refractivity contribution in [1.82, 2.24) is 0 Å². The summed E-state index contributed by atoms with van der Waals surface area (Å²) in [6, 6.07) is -0.948. The summed E-state index contributed by atoms with van der Waals surface area (Å²) in [5, 5.41) is 8.12. The molecule has 55 valence electrons. The van der Waals surface area contributed by atoms with Crippen molar-refractivity contribution in [2.45, 2.75) is 18.9 Å². The van der Waals surface area contributed by atoms with Gasteiger partial charge in [-0.25, -0.2) is 0 Å². The monoisotopic (exact) mass is 142 g/mol. The molecule has 3 N–H and O–H groups in total. The predicted octanol–water partition coefficient (Wildman–Crippen LogP) is -0.664. The van der Waals surface area contributed by atoms with Gasteiger partial charge in [-0.15, -0.1) is 0 Å². The summed E-state index contributed by atoms with van der Waals surface area (Å²) in [7, 11) is 0. The zero-order valence-corrected chi connectivity index (χ0v) is 5.33. The maximum Gasteiger partial charge on any atom is 0.303 e. The largest absolute Gasteiger partial charge is 0.481 e. The number of hydrogen-bond acceptors (Lipinski definition) is 3. The lowest BCUT2D eigenvalue weighted by atomic mass is 10.1. The Bertz CT molecular complexity index is 144. The van der Waals surface area contributed by atoms with E-state index in [1.807, 2.05) is 0 Å². The highest BCUT2D eigenvalue weighted by molar-refractivity contribution is 5.87. The molecule has 0 aliphatic rings. The molecule has 0 saturated heterocycles. The zero-order valence-electron chi connectivity index (χ0n) is 5.33. The van der Waals surface area contributed by atoms with Crippen LogP contribution < -0.4 is 5.73 Å². The quantitative estimate of drug-likeness (QED) is 0.545. The summed E-state index contributed by atoms with van der Waals surface area (Å²) in [6.07, 6.45) is -0.122. The van der Waals surface area contributed by atoms with Gasteiger partial charge in [-0.2, -0.15) is 0 Å². The van der Waals surface area contributed by atoms with Crippen molar-refractivity contribution in [3.63, 3.8) is 0 Å². The number of carbonyl (C=O) groups excluding carboxylic acids is 1. The molecular formula is C6H8NO3. The number of ketones is 1. The molecule has 0 aliphatic carbocycles. The van der Waals surface area contributed by atoms with Gasteiger partial charge in [0.15, 0.2) is 5.78 Å². The molecule has 3 radical (unpaired) electrons. The van der Waals surface area contributed by atoms with Crippen LogP contribution >= 0.6 is 0 Å². The van der Waals surface area contributed by atoms with Gasteiger partial charge in [-0.3, -0.25) is 9.59 Å². The normalized spacial score (nSPS) is 12.6. The average molecular weight is 142 g/mol. The van der Waals surface area contributed by atoms with Gasteiger partial charge < -0.3 is 10.8 Å². The van der Waals surface area contributed by atoms with Gasteiger partial charge in [-0.1, -0.05) is 0 Å². The van der Waals surface area contributed by atoms with E-state index in [1.165, 1.54) is 0 Å². The third-order valence-corrected chi connectivity index (χ3v) is 1.01. The molecule has 0 saturated carbocycles. The van der Waals surface area contributed by atoms with E-state index in [1.54, 1.807) is 0 Å². The van der Waals surface area contributed by atoms with Crippen molar-refractivity contribution >= 4 is 11.8 Å². The summed E-state index contributed by atoms with van der Waals surface area (Å²) >= 11 is 0. The number of carbonyl (C=O) groups is 2. The fraction of sp³-hybridized carbons (Fsp3) is 0.500. The van der Waals surface area contributed by atoms with Crippen LogP contribution in [0.4, 0.5) is 0 Å². The number of aliphatic carboxylic acids is 1. The second-order valence-corrected chi connectivity index (χ2v) is 1.90. The lowest BCUT2D eigenvalue weighted by Gasteiger charge is -2.02. The Morgan fingerprint density at radius 3 is 2.40 bits per heavy atom. The minimum Gasteiger partial charge on any atom is -0.481 e. The van der Waals surface area contributed by atoms with E-state index in [4.69, 9.17) is 17.8 Å². The maximum absolute atomic E-state index is 10.1. The molecule has 1 unspecified atom stereocenters. The van der Waals surface area contributed by atoms with Crippen molar-refractivity contribution in [3.8, 4) is 0 Å². The van der Waals surface area contributed by atoms with Crippen molar-refractivity contribution in [2.75, 3.05) is 0 Å². The standard InChI is InChI=1S/C6H8NO3/c1-4(8)5(7)2-3-6(9)10/h5H,2-3,7H2,(H,9,10). The second kappa shape index (κ2) is 4.00. The minimum absolute atomic E-state index is 0.0394. The predicted molar refractivity (Wildman–Crippen MR) is 33.1 cm³/mol. The van der Waals surface area contributed by atoms with Crippen LogP contribution in [-0.4, -0.2) is 22.9 Å². The van der Waals surface area contributed by atoms with E-state index in [9.17, 15) is 9.59 Å². The van der Waals surface area contributed by atoms with Gasteiger partial charge in [0.25, 0.3) is 0 Å². The summed E-state index contributed by atoms with van der Waals surface area (Å²) in [4.78, 5) is 20.0. The number of nitrogens with two attached hydrogens (primary N) is 1. The minimum atomic E-state index is -1.00. The number of Topliss-reactive ketones (excluding diaryl/α,β-unsaturated/α-hetero) is 1. The summed E-state index contributed by atoms with van der Waals surface area (Å²) in [5.74, 6) is -1.92. The van der Waals surface area contributed by atoms with E-state index in [0.29, 0.717) is 0 Å². The lowest BCUT2D eigenvalue weighted by molar-refractivity contribution is -0.137. The first-order valence-corrected chi connectivity index (χ1v) is 2.77. The first kappa shape index (κ1) is 9.10. The van der Waals surface area contributed by atoms with Crippen LogP contribution in [0.25, 0.3) is 0 Å². The van der Waals surface area contributed by atoms with Crippen LogP contribution in [0.2, 0.25) is 0 Å². The van der Waals surface area contributed by atoms with E-state index >= 15 is 0 Å². The Kier molecular flexibility index (Phi) is 3.64. The Hall–Kier alpha value is -0.900. The smallest absolute Gasteiger partial charge is 0.303 e. The third kappa shape index (κ3) is 4.03. The fourth-order valence-electron chi connectivity index (χ4n) is 0.410. The highest BCUT2D eigenvalue weighted by Crippen LogP contribution is 1.94. The van der Waals surface area contributed by atoms with Crippen LogP contribution in [0.1, 0.15) is 12.8 Å². The van der Waals surface area contributed by atoms with E-state index < -0.39 is 17.8 Å². The fourth-order valence-corrected chi connectivity index (χ4v) is 0.410. The molecule has 4 nitrogen and oxygen atoms in total. The first-order chi connectivity index (χ1) is 4.54. The molecule has 0 fully saturated rings. The highest BCUT2D eigenvalue weighted by atomic mass is 16.4. The third-order valence-electron chi connectivity index (χ3n) is 1.01. The van der Waals surface area contributed by atoms with E-state index in [2.05, 4.69) is 0 Å². The summed E-state index contributed by atoms with van der Waals surface area (Å²) < 4.78 is 0. The molecule has 0 aromatic rings. The van der Waals surface area contributed by atoms with Crippen molar-refractivity contribution in [1.29, 1.82) is 0 Å². The van der Waals surface area contributed by atoms with Gasteiger partial charge in [-0.05, 0) is 6.42 Å². The van der Waals surface area contributed by atoms with Gasteiger partial charge in [0.2, 0.25) is 0 Å². The first-order valence-electron chi connectivity index (χ1n) is 2.77. The second-order valence-electron chi connectivity index (χ2n) is 1.90. The Balaban J connectivity index is 3.49. The van der Waals surface area contributed by atoms with Gasteiger partial charge in [0.1, 0.15) is 0 Å². The maximum atomic E-state index is 10.1. The van der Waals surface area contributed by atoms with E-state index in [0.717, 1.165) is 0 Å². The molecule has 0 aliphatic heterocycles. The number of rotatable bonds is 4. The van der Waals surface area contributed by atoms with Gasteiger partial charge in [0, 0.05) is 6.42 Å². The SMILES string of the molecule is [C]C(=O)C(N)CCC(=O)O.